The highest BCUT2D eigenvalue weighted by Crippen LogP contribution is 2.21. The van der Waals surface area contributed by atoms with Crippen LogP contribution in [0.2, 0.25) is 0 Å². The summed E-state index contributed by atoms with van der Waals surface area (Å²) in [5.74, 6) is 0.291. The number of urea groups is 1. The van der Waals surface area contributed by atoms with Crippen molar-refractivity contribution in [3.8, 4) is 6.07 Å². The zero-order valence-corrected chi connectivity index (χ0v) is 12.9. The van der Waals surface area contributed by atoms with E-state index in [1.165, 1.54) is 24.3 Å². The second-order valence-corrected chi connectivity index (χ2v) is 5.52. The second kappa shape index (κ2) is 6.96. The predicted octanol–water partition coefficient (Wildman–Crippen LogP) is 2.49. The van der Waals surface area contributed by atoms with Gasteiger partial charge in [-0.3, -0.25) is 0 Å². The number of anilines is 2. The molecule has 1 aromatic carbocycles. The highest BCUT2D eigenvalue weighted by atomic mass is 19.1. The Morgan fingerprint density at radius 1 is 1.33 bits per heavy atom. The molecule has 1 saturated heterocycles. The molecule has 7 heteroatoms. The van der Waals surface area contributed by atoms with Crippen molar-refractivity contribution in [3.05, 3.63) is 54.0 Å². The summed E-state index contributed by atoms with van der Waals surface area (Å²) in [6, 6.07) is 10.8. The summed E-state index contributed by atoms with van der Waals surface area (Å²) >= 11 is 0. The Morgan fingerprint density at radius 3 is 2.88 bits per heavy atom. The number of nitriles is 1. The molecule has 1 aromatic heterocycles. The number of benzene rings is 1. The number of nitrogens with one attached hydrogen (secondary N) is 2. The van der Waals surface area contributed by atoms with E-state index < -0.39 is 0 Å². The van der Waals surface area contributed by atoms with E-state index in [4.69, 9.17) is 5.26 Å². The van der Waals surface area contributed by atoms with Gasteiger partial charge in [-0.1, -0.05) is 0 Å². The Labute approximate surface area is 138 Å². The minimum absolute atomic E-state index is 0.0426. The number of carbonyl (C=O) groups excluding carboxylic acids is 1. The van der Waals surface area contributed by atoms with E-state index in [1.54, 1.807) is 18.3 Å². The average Bonchev–Trinajstić information content (AvgIpc) is 3.05. The molecule has 6 nitrogen and oxygen atoms in total. The Balaban J connectivity index is 1.57. The minimum atomic E-state index is -0.351. The number of nitrogens with zero attached hydrogens (tertiary/aromatic N) is 3. The molecule has 122 valence electrons. The van der Waals surface area contributed by atoms with Crippen molar-refractivity contribution in [1.29, 1.82) is 5.26 Å². The molecular formula is C17H16FN5O. The summed E-state index contributed by atoms with van der Waals surface area (Å²) in [6.07, 6.45) is 2.41. The van der Waals surface area contributed by atoms with Crippen LogP contribution in [0, 0.1) is 17.1 Å². The van der Waals surface area contributed by atoms with Gasteiger partial charge in [-0.25, -0.2) is 14.2 Å². The number of halogens is 1. The lowest BCUT2D eigenvalue weighted by molar-refractivity contribution is 0.249. The number of aromatic nitrogens is 1. The monoisotopic (exact) mass is 325 g/mol. The van der Waals surface area contributed by atoms with Crippen LogP contribution < -0.4 is 15.5 Å². The van der Waals surface area contributed by atoms with Gasteiger partial charge in [-0.15, -0.1) is 0 Å². The minimum Gasteiger partial charge on any atom is -0.353 e. The maximum absolute atomic E-state index is 12.9. The number of pyridine rings is 1. The number of amides is 2. The fraction of sp³-hybridized carbons (Fsp3) is 0.235. The average molecular weight is 325 g/mol. The smallest absolute Gasteiger partial charge is 0.319 e. The molecule has 2 amide bonds. The first kappa shape index (κ1) is 15.7. The second-order valence-electron chi connectivity index (χ2n) is 5.52. The fourth-order valence-corrected chi connectivity index (χ4v) is 2.69. The van der Waals surface area contributed by atoms with E-state index in [0.717, 1.165) is 6.42 Å². The van der Waals surface area contributed by atoms with Crippen LogP contribution in [0.1, 0.15) is 12.0 Å². The molecule has 0 spiro atoms. The van der Waals surface area contributed by atoms with Gasteiger partial charge in [0.15, 0.2) is 0 Å². The molecule has 0 aliphatic carbocycles. The first-order chi connectivity index (χ1) is 11.7. The van der Waals surface area contributed by atoms with Crippen LogP contribution in [-0.4, -0.2) is 30.1 Å². The van der Waals surface area contributed by atoms with Crippen LogP contribution in [0.5, 0.6) is 0 Å². The summed E-state index contributed by atoms with van der Waals surface area (Å²) in [6.45, 7) is 1.30. The standard InChI is InChI=1S/C17H16FN5O/c18-13-3-5-14(6-4-13)21-17(24)22-15-7-9-23(11-15)16-12(10-19)2-1-8-20-16/h1-6,8,15H,7,9,11H2,(H2,21,22,24)/t15-/m1/s1. The molecule has 1 atom stereocenters. The van der Waals surface area contributed by atoms with Crippen LogP contribution in [0.15, 0.2) is 42.6 Å². The molecule has 2 aromatic rings. The highest BCUT2D eigenvalue weighted by Gasteiger charge is 2.26. The van der Waals surface area contributed by atoms with Crippen molar-refractivity contribution in [3.63, 3.8) is 0 Å². The van der Waals surface area contributed by atoms with Crippen LogP contribution in [0.3, 0.4) is 0 Å². The maximum atomic E-state index is 12.9. The van der Waals surface area contributed by atoms with E-state index in [2.05, 4.69) is 21.7 Å². The Hall–Kier alpha value is -3.14. The van der Waals surface area contributed by atoms with Crippen LogP contribution in [0.25, 0.3) is 0 Å². The van der Waals surface area contributed by atoms with Crippen LogP contribution in [-0.2, 0) is 0 Å². The Kier molecular flexibility index (Phi) is 4.57. The van der Waals surface area contributed by atoms with E-state index in [9.17, 15) is 9.18 Å². The Bertz CT molecular complexity index is 771. The van der Waals surface area contributed by atoms with Crippen molar-refractivity contribution in [2.24, 2.45) is 0 Å². The lowest BCUT2D eigenvalue weighted by atomic mass is 10.2. The van der Waals surface area contributed by atoms with Gasteiger partial charge in [0.2, 0.25) is 0 Å². The zero-order valence-electron chi connectivity index (χ0n) is 12.9. The summed E-state index contributed by atoms with van der Waals surface area (Å²) in [4.78, 5) is 18.3. The molecule has 1 aliphatic rings. The van der Waals surface area contributed by atoms with E-state index in [1.807, 2.05) is 4.90 Å². The van der Waals surface area contributed by atoms with Crippen molar-refractivity contribution < 1.29 is 9.18 Å². The molecule has 1 fully saturated rings. The fourth-order valence-electron chi connectivity index (χ4n) is 2.69. The third-order valence-corrected chi connectivity index (χ3v) is 3.83. The first-order valence-electron chi connectivity index (χ1n) is 7.59. The SMILES string of the molecule is N#Cc1cccnc1N1CC[C@@H](NC(=O)Nc2ccc(F)cc2)C1. The van der Waals surface area contributed by atoms with Crippen molar-refractivity contribution in [2.75, 3.05) is 23.3 Å². The predicted molar refractivity (Wildman–Crippen MR) is 88.1 cm³/mol. The molecule has 0 saturated carbocycles. The van der Waals surface area contributed by atoms with Gasteiger partial charge >= 0.3 is 6.03 Å². The molecule has 0 bridgehead atoms. The lowest BCUT2D eigenvalue weighted by Gasteiger charge is -2.19. The summed E-state index contributed by atoms with van der Waals surface area (Å²) in [5, 5.41) is 14.7. The molecule has 2 heterocycles. The van der Waals surface area contributed by atoms with Gasteiger partial charge in [0.1, 0.15) is 17.7 Å². The van der Waals surface area contributed by atoms with Crippen molar-refractivity contribution in [1.82, 2.24) is 10.3 Å². The maximum Gasteiger partial charge on any atom is 0.319 e. The quantitative estimate of drug-likeness (QED) is 0.908. The van der Waals surface area contributed by atoms with Gasteiger partial charge in [0.25, 0.3) is 0 Å². The number of hydrogen-bond acceptors (Lipinski definition) is 4. The lowest BCUT2D eigenvalue weighted by Crippen LogP contribution is -2.39. The third kappa shape index (κ3) is 3.60. The Morgan fingerprint density at radius 2 is 2.12 bits per heavy atom. The zero-order chi connectivity index (χ0) is 16.9. The largest absolute Gasteiger partial charge is 0.353 e. The van der Waals surface area contributed by atoms with E-state index >= 15 is 0 Å². The van der Waals surface area contributed by atoms with Gasteiger partial charge in [0.05, 0.1) is 5.56 Å². The normalized spacial score (nSPS) is 16.5. The molecule has 0 radical (unpaired) electrons. The molecule has 2 N–H and O–H groups in total. The van der Waals surface area contributed by atoms with Crippen LogP contribution in [0.4, 0.5) is 20.7 Å². The summed E-state index contributed by atoms with van der Waals surface area (Å²) in [7, 11) is 0. The van der Waals surface area contributed by atoms with Crippen molar-refractivity contribution >= 4 is 17.5 Å². The summed E-state index contributed by atoms with van der Waals surface area (Å²) < 4.78 is 12.9. The molecular weight excluding hydrogens is 309 g/mol. The number of hydrogen-bond donors (Lipinski definition) is 2. The molecule has 1 aliphatic heterocycles. The van der Waals surface area contributed by atoms with Gasteiger partial charge in [0, 0.05) is 31.0 Å². The van der Waals surface area contributed by atoms with Crippen LogP contribution >= 0.6 is 0 Å². The van der Waals surface area contributed by atoms with E-state index in [0.29, 0.717) is 30.2 Å². The van der Waals surface area contributed by atoms with E-state index in [-0.39, 0.29) is 17.9 Å². The van der Waals surface area contributed by atoms with Gasteiger partial charge in [-0.2, -0.15) is 5.26 Å². The first-order valence-corrected chi connectivity index (χ1v) is 7.59. The van der Waals surface area contributed by atoms with Gasteiger partial charge < -0.3 is 15.5 Å². The number of rotatable bonds is 3. The molecule has 3 rings (SSSR count). The van der Waals surface area contributed by atoms with Crippen molar-refractivity contribution in [2.45, 2.75) is 12.5 Å². The molecule has 0 unspecified atom stereocenters. The summed E-state index contributed by atoms with van der Waals surface area (Å²) in [5.41, 5.74) is 1.05. The number of carbonyl (C=O) groups is 1. The molecule has 24 heavy (non-hydrogen) atoms. The van der Waals surface area contributed by atoms with Gasteiger partial charge in [-0.05, 0) is 42.8 Å². The third-order valence-electron chi connectivity index (χ3n) is 3.83. The topological polar surface area (TPSA) is 81.1 Å². The highest BCUT2D eigenvalue weighted by molar-refractivity contribution is 5.89.